The number of aliphatic hydroxyl groups excluding tert-OH is 1. The van der Waals surface area contributed by atoms with Crippen LogP contribution in [-0.2, 0) is 4.79 Å². The second-order valence-electron chi connectivity index (χ2n) is 6.07. The van der Waals surface area contributed by atoms with Gasteiger partial charge in [0.25, 0.3) is 0 Å². The van der Waals surface area contributed by atoms with Crippen LogP contribution in [0.5, 0.6) is 0 Å². The van der Waals surface area contributed by atoms with Crippen LogP contribution in [0.4, 0.5) is 0 Å². The van der Waals surface area contributed by atoms with Crippen molar-refractivity contribution >= 4 is 5.91 Å². The minimum atomic E-state index is 0.229. The van der Waals surface area contributed by atoms with Gasteiger partial charge in [0.1, 0.15) is 0 Å². The number of hydrogen-bond donors (Lipinski definition) is 1. The van der Waals surface area contributed by atoms with Crippen LogP contribution < -0.4 is 0 Å². The molecule has 2 rings (SSSR count). The lowest BCUT2D eigenvalue weighted by molar-refractivity contribution is -0.133. The minimum absolute atomic E-state index is 0.229. The monoisotopic (exact) mass is 253 g/mol. The number of carbonyl (C=O) groups is 1. The number of piperidine rings is 1. The van der Waals surface area contributed by atoms with E-state index in [-0.39, 0.29) is 6.61 Å². The molecular weight excluding hydrogens is 226 g/mol. The molecule has 1 saturated heterocycles. The quantitative estimate of drug-likeness (QED) is 0.836. The molecule has 1 unspecified atom stereocenters. The number of nitrogens with zero attached hydrogens (tertiary/aromatic N) is 1. The minimum Gasteiger partial charge on any atom is -0.396 e. The summed E-state index contributed by atoms with van der Waals surface area (Å²) in [6.07, 6.45) is 10.7. The summed E-state index contributed by atoms with van der Waals surface area (Å²) < 4.78 is 0. The van der Waals surface area contributed by atoms with Gasteiger partial charge in [-0.05, 0) is 31.1 Å². The molecule has 0 aromatic carbocycles. The van der Waals surface area contributed by atoms with Gasteiger partial charge < -0.3 is 10.0 Å². The maximum absolute atomic E-state index is 12.1. The van der Waals surface area contributed by atoms with E-state index in [0.717, 1.165) is 44.7 Å². The molecule has 3 nitrogen and oxygen atoms in total. The fourth-order valence-corrected chi connectivity index (χ4v) is 3.40. The SMILES string of the molecule is O=C(CCC1CCCCC1)N1CCCC(CO)C1. The Bertz CT molecular complexity index is 261. The Morgan fingerprint density at radius 2 is 1.78 bits per heavy atom. The van der Waals surface area contributed by atoms with Gasteiger partial charge in [-0.1, -0.05) is 32.1 Å². The van der Waals surface area contributed by atoms with Gasteiger partial charge in [0.2, 0.25) is 5.91 Å². The van der Waals surface area contributed by atoms with Crippen LogP contribution in [-0.4, -0.2) is 35.6 Å². The highest BCUT2D eigenvalue weighted by atomic mass is 16.3. The predicted octanol–water partition coefficient (Wildman–Crippen LogP) is 2.58. The number of rotatable bonds is 4. The third-order valence-electron chi connectivity index (χ3n) is 4.62. The normalized spacial score (nSPS) is 26.3. The van der Waals surface area contributed by atoms with Gasteiger partial charge >= 0.3 is 0 Å². The maximum atomic E-state index is 12.1. The largest absolute Gasteiger partial charge is 0.396 e. The van der Waals surface area contributed by atoms with E-state index in [4.69, 9.17) is 0 Å². The Morgan fingerprint density at radius 3 is 2.50 bits per heavy atom. The molecule has 0 aromatic rings. The van der Waals surface area contributed by atoms with Crippen molar-refractivity contribution in [3.8, 4) is 0 Å². The third kappa shape index (κ3) is 3.98. The molecule has 1 saturated carbocycles. The summed E-state index contributed by atoms with van der Waals surface area (Å²) in [6, 6.07) is 0. The first-order valence-electron chi connectivity index (χ1n) is 7.68. The Labute approximate surface area is 111 Å². The fraction of sp³-hybridized carbons (Fsp3) is 0.933. The summed E-state index contributed by atoms with van der Waals surface area (Å²) in [5.74, 6) is 1.43. The summed E-state index contributed by atoms with van der Waals surface area (Å²) >= 11 is 0. The highest BCUT2D eigenvalue weighted by Gasteiger charge is 2.23. The molecule has 1 aliphatic heterocycles. The van der Waals surface area contributed by atoms with Crippen LogP contribution in [0.1, 0.15) is 57.8 Å². The van der Waals surface area contributed by atoms with Gasteiger partial charge in [-0.2, -0.15) is 0 Å². The smallest absolute Gasteiger partial charge is 0.222 e. The molecule has 1 heterocycles. The Balaban J connectivity index is 1.70. The number of aliphatic hydroxyl groups is 1. The van der Waals surface area contributed by atoms with Gasteiger partial charge in [0.05, 0.1) is 0 Å². The van der Waals surface area contributed by atoms with Crippen molar-refractivity contribution in [1.82, 2.24) is 4.90 Å². The second kappa shape index (κ2) is 7.13. The zero-order chi connectivity index (χ0) is 12.8. The molecule has 1 atom stereocenters. The lowest BCUT2D eigenvalue weighted by atomic mass is 9.86. The standard InChI is InChI=1S/C15H27NO2/c17-12-14-7-4-10-16(11-14)15(18)9-8-13-5-2-1-3-6-13/h13-14,17H,1-12H2. The summed E-state index contributed by atoms with van der Waals surface area (Å²) in [6.45, 7) is 1.91. The summed E-state index contributed by atoms with van der Waals surface area (Å²) in [5, 5.41) is 9.19. The van der Waals surface area contributed by atoms with E-state index < -0.39 is 0 Å². The Morgan fingerprint density at radius 1 is 1.06 bits per heavy atom. The van der Waals surface area contributed by atoms with E-state index in [1.54, 1.807) is 0 Å². The maximum Gasteiger partial charge on any atom is 0.222 e. The van der Waals surface area contributed by atoms with Crippen molar-refractivity contribution in [2.75, 3.05) is 19.7 Å². The van der Waals surface area contributed by atoms with Crippen LogP contribution in [0.2, 0.25) is 0 Å². The van der Waals surface area contributed by atoms with Gasteiger partial charge in [-0.15, -0.1) is 0 Å². The zero-order valence-electron chi connectivity index (χ0n) is 11.4. The van der Waals surface area contributed by atoms with E-state index in [1.165, 1.54) is 32.1 Å². The molecule has 1 N–H and O–H groups in total. The molecule has 104 valence electrons. The first-order chi connectivity index (χ1) is 8.79. The second-order valence-corrected chi connectivity index (χ2v) is 6.07. The van der Waals surface area contributed by atoms with E-state index >= 15 is 0 Å². The topological polar surface area (TPSA) is 40.5 Å². The van der Waals surface area contributed by atoms with Crippen LogP contribution in [0.15, 0.2) is 0 Å². The lowest BCUT2D eigenvalue weighted by Crippen LogP contribution is -2.41. The molecular formula is C15H27NO2. The molecule has 3 heteroatoms. The van der Waals surface area contributed by atoms with E-state index in [2.05, 4.69) is 0 Å². The molecule has 0 bridgehead atoms. The summed E-state index contributed by atoms with van der Waals surface area (Å²) in [5.41, 5.74) is 0. The van der Waals surface area contributed by atoms with Crippen LogP contribution in [0.25, 0.3) is 0 Å². The van der Waals surface area contributed by atoms with Crippen molar-refractivity contribution < 1.29 is 9.90 Å². The van der Waals surface area contributed by atoms with E-state index in [0.29, 0.717) is 11.8 Å². The molecule has 1 aliphatic carbocycles. The van der Waals surface area contributed by atoms with Crippen LogP contribution in [0.3, 0.4) is 0 Å². The number of likely N-dealkylation sites (tertiary alicyclic amines) is 1. The number of amides is 1. The number of hydrogen-bond acceptors (Lipinski definition) is 2. The average molecular weight is 253 g/mol. The van der Waals surface area contributed by atoms with Crippen molar-refractivity contribution in [1.29, 1.82) is 0 Å². The zero-order valence-corrected chi connectivity index (χ0v) is 11.4. The summed E-state index contributed by atoms with van der Waals surface area (Å²) in [4.78, 5) is 14.1. The highest BCUT2D eigenvalue weighted by Crippen LogP contribution is 2.27. The molecule has 2 aliphatic rings. The molecule has 0 spiro atoms. The van der Waals surface area contributed by atoms with E-state index in [1.807, 2.05) is 4.90 Å². The van der Waals surface area contributed by atoms with Crippen molar-refractivity contribution in [3.05, 3.63) is 0 Å². The first kappa shape index (κ1) is 13.9. The first-order valence-corrected chi connectivity index (χ1v) is 7.68. The van der Waals surface area contributed by atoms with Crippen LogP contribution >= 0.6 is 0 Å². The van der Waals surface area contributed by atoms with Gasteiger partial charge in [-0.25, -0.2) is 0 Å². The molecule has 0 radical (unpaired) electrons. The Hall–Kier alpha value is -0.570. The average Bonchev–Trinajstić information content (AvgIpc) is 2.46. The third-order valence-corrected chi connectivity index (χ3v) is 4.62. The molecule has 18 heavy (non-hydrogen) atoms. The van der Waals surface area contributed by atoms with Gasteiger partial charge in [0, 0.05) is 26.1 Å². The predicted molar refractivity (Wildman–Crippen MR) is 72.2 cm³/mol. The fourth-order valence-electron chi connectivity index (χ4n) is 3.40. The van der Waals surface area contributed by atoms with E-state index in [9.17, 15) is 9.90 Å². The molecule has 0 aromatic heterocycles. The van der Waals surface area contributed by atoms with Crippen molar-refractivity contribution in [2.24, 2.45) is 11.8 Å². The van der Waals surface area contributed by atoms with Crippen LogP contribution in [0, 0.1) is 11.8 Å². The molecule has 2 fully saturated rings. The van der Waals surface area contributed by atoms with Gasteiger partial charge in [-0.3, -0.25) is 4.79 Å². The highest BCUT2D eigenvalue weighted by molar-refractivity contribution is 5.76. The van der Waals surface area contributed by atoms with Crippen molar-refractivity contribution in [3.63, 3.8) is 0 Å². The van der Waals surface area contributed by atoms with Gasteiger partial charge in [0.15, 0.2) is 0 Å². The Kier molecular flexibility index (Phi) is 5.48. The van der Waals surface area contributed by atoms with Crippen molar-refractivity contribution in [2.45, 2.75) is 57.8 Å². The summed E-state index contributed by atoms with van der Waals surface area (Å²) in [7, 11) is 0. The number of carbonyl (C=O) groups excluding carboxylic acids is 1. The molecule has 1 amide bonds. The lowest BCUT2D eigenvalue weighted by Gasteiger charge is -2.32.